The van der Waals surface area contributed by atoms with Crippen molar-refractivity contribution in [3.8, 4) is 0 Å². The molecule has 0 saturated carbocycles. The summed E-state index contributed by atoms with van der Waals surface area (Å²) in [5, 5.41) is 0. The predicted octanol–water partition coefficient (Wildman–Crippen LogP) is 5.49. The summed E-state index contributed by atoms with van der Waals surface area (Å²) in [5.41, 5.74) is 8.56. The maximum atomic E-state index is 2.66. The fourth-order valence-electron chi connectivity index (χ4n) is 5.29. The van der Waals surface area contributed by atoms with Crippen LogP contribution in [0.1, 0.15) is 34.7 Å². The average Bonchev–Trinajstić information content (AvgIpc) is 2.86. The molecular formula is C30H35N3. The summed E-state index contributed by atoms with van der Waals surface area (Å²) in [7, 11) is 4.23. The molecule has 3 aromatic rings. The molecule has 33 heavy (non-hydrogen) atoms. The first-order valence-electron chi connectivity index (χ1n) is 12.2. The van der Waals surface area contributed by atoms with E-state index < -0.39 is 0 Å². The number of piperazine rings is 1. The molecule has 0 bridgehead atoms. The number of hydrogen-bond acceptors (Lipinski definition) is 3. The van der Waals surface area contributed by atoms with Crippen LogP contribution < -0.4 is 4.90 Å². The fraction of sp³-hybridized carbons (Fsp3) is 0.333. The van der Waals surface area contributed by atoms with Crippen LogP contribution in [0.3, 0.4) is 0 Å². The van der Waals surface area contributed by atoms with Crippen LogP contribution in [-0.4, -0.2) is 56.6 Å². The number of benzene rings is 3. The Morgan fingerprint density at radius 2 is 1.39 bits per heavy atom. The molecule has 2 aliphatic rings. The summed E-state index contributed by atoms with van der Waals surface area (Å²) in [4.78, 5) is 7.50. The Morgan fingerprint density at radius 1 is 0.758 bits per heavy atom. The van der Waals surface area contributed by atoms with Gasteiger partial charge >= 0.3 is 0 Å². The third-order valence-corrected chi connectivity index (χ3v) is 7.15. The van der Waals surface area contributed by atoms with Crippen LogP contribution in [0.25, 0.3) is 6.08 Å². The molecule has 0 unspecified atom stereocenters. The summed E-state index contributed by atoms with van der Waals surface area (Å²) in [6.45, 7) is 5.55. The lowest BCUT2D eigenvalue weighted by Gasteiger charge is -2.40. The normalized spacial score (nSPS) is 17.0. The second-order valence-corrected chi connectivity index (χ2v) is 9.62. The molecule has 1 saturated heterocycles. The lowest BCUT2D eigenvalue weighted by Crippen LogP contribution is -2.48. The molecule has 1 aliphatic heterocycles. The quantitative estimate of drug-likeness (QED) is 0.505. The average molecular weight is 438 g/mol. The van der Waals surface area contributed by atoms with E-state index in [-0.39, 0.29) is 0 Å². The van der Waals surface area contributed by atoms with Gasteiger partial charge in [-0.25, -0.2) is 0 Å². The molecule has 0 spiro atoms. The van der Waals surface area contributed by atoms with Gasteiger partial charge in [0.2, 0.25) is 0 Å². The number of anilines is 1. The molecule has 5 rings (SSSR count). The smallest absolute Gasteiger partial charge is 0.0602 e. The van der Waals surface area contributed by atoms with Crippen LogP contribution in [0.2, 0.25) is 0 Å². The number of nitrogens with zero attached hydrogens (tertiary/aromatic N) is 3. The standard InChI is InChI=1S/C30H35N3/c1-31(2)29-16-15-27-21-24(13-14-28(27)22-29)23-32-17-19-33(20-18-32)30(25-9-5-3-6-10-25)26-11-7-4-8-12-26/h3-12,15-16,21-22,30H,13-14,17-20,23H2,1-2H3. The number of hydrogen-bond donors (Lipinski definition) is 0. The van der Waals surface area contributed by atoms with Crippen molar-refractivity contribution < 1.29 is 0 Å². The summed E-state index contributed by atoms with van der Waals surface area (Å²) in [6.07, 6.45) is 4.79. The third kappa shape index (κ3) is 5.05. The van der Waals surface area contributed by atoms with E-state index in [1.807, 2.05) is 0 Å². The fourth-order valence-corrected chi connectivity index (χ4v) is 5.29. The second kappa shape index (κ2) is 9.94. The maximum absolute atomic E-state index is 2.66. The Hall–Kier alpha value is -2.88. The van der Waals surface area contributed by atoms with E-state index in [1.54, 1.807) is 5.57 Å². The molecule has 170 valence electrons. The van der Waals surface area contributed by atoms with E-state index in [2.05, 4.69) is 114 Å². The van der Waals surface area contributed by atoms with Gasteiger partial charge in [-0.1, -0.05) is 78.4 Å². The van der Waals surface area contributed by atoms with Crippen LogP contribution in [0.4, 0.5) is 5.69 Å². The van der Waals surface area contributed by atoms with Gasteiger partial charge in [-0.15, -0.1) is 0 Å². The van der Waals surface area contributed by atoms with Crippen LogP contribution in [-0.2, 0) is 6.42 Å². The molecule has 0 atom stereocenters. The second-order valence-electron chi connectivity index (χ2n) is 9.62. The van der Waals surface area contributed by atoms with Gasteiger partial charge in [-0.3, -0.25) is 9.80 Å². The topological polar surface area (TPSA) is 9.72 Å². The van der Waals surface area contributed by atoms with Gasteiger partial charge in [0, 0.05) is 52.5 Å². The SMILES string of the molecule is CN(C)c1ccc2c(c1)CCC(CN1CCN(C(c3ccccc3)c3ccccc3)CC1)=C2. The first-order chi connectivity index (χ1) is 16.2. The molecule has 1 fully saturated rings. The molecule has 1 aliphatic carbocycles. The molecule has 0 aromatic heterocycles. The Bertz CT molecular complexity index is 1040. The van der Waals surface area contributed by atoms with Crippen molar-refractivity contribution in [1.29, 1.82) is 0 Å². The summed E-state index contributed by atoms with van der Waals surface area (Å²) in [6, 6.07) is 29.2. The lowest BCUT2D eigenvalue weighted by atomic mass is 9.91. The minimum atomic E-state index is 0.334. The van der Waals surface area contributed by atoms with Gasteiger partial charge in [-0.2, -0.15) is 0 Å². The van der Waals surface area contributed by atoms with Crippen molar-refractivity contribution in [2.24, 2.45) is 0 Å². The van der Waals surface area contributed by atoms with Gasteiger partial charge in [0.1, 0.15) is 0 Å². The van der Waals surface area contributed by atoms with Gasteiger partial charge in [0.15, 0.2) is 0 Å². The molecule has 3 heteroatoms. The van der Waals surface area contributed by atoms with Crippen LogP contribution in [0, 0.1) is 0 Å². The van der Waals surface area contributed by atoms with Gasteiger partial charge in [0.25, 0.3) is 0 Å². The Morgan fingerprint density at radius 3 is 2.00 bits per heavy atom. The first-order valence-corrected chi connectivity index (χ1v) is 12.2. The Labute approximate surface area is 199 Å². The third-order valence-electron chi connectivity index (χ3n) is 7.15. The van der Waals surface area contributed by atoms with E-state index in [1.165, 1.54) is 34.4 Å². The van der Waals surface area contributed by atoms with Gasteiger partial charge in [-0.05, 0) is 47.2 Å². The van der Waals surface area contributed by atoms with Gasteiger partial charge in [0.05, 0.1) is 6.04 Å². The minimum absolute atomic E-state index is 0.334. The first kappa shape index (κ1) is 21.9. The number of rotatable bonds is 6. The highest BCUT2D eigenvalue weighted by molar-refractivity contribution is 5.64. The van der Waals surface area contributed by atoms with E-state index in [9.17, 15) is 0 Å². The monoisotopic (exact) mass is 437 g/mol. The molecule has 3 nitrogen and oxygen atoms in total. The summed E-state index contributed by atoms with van der Waals surface area (Å²) in [5.74, 6) is 0. The molecule has 0 radical (unpaired) electrons. The zero-order valence-electron chi connectivity index (χ0n) is 20.0. The zero-order valence-corrected chi connectivity index (χ0v) is 20.0. The minimum Gasteiger partial charge on any atom is -0.378 e. The van der Waals surface area contributed by atoms with Crippen molar-refractivity contribution in [1.82, 2.24) is 9.80 Å². The highest BCUT2D eigenvalue weighted by Gasteiger charge is 2.26. The molecule has 0 amide bonds. The molecular weight excluding hydrogens is 402 g/mol. The molecule has 0 N–H and O–H groups in total. The zero-order chi connectivity index (χ0) is 22.6. The van der Waals surface area contributed by atoms with Crippen LogP contribution in [0.15, 0.2) is 84.4 Å². The van der Waals surface area contributed by atoms with Crippen LogP contribution in [0.5, 0.6) is 0 Å². The van der Waals surface area contributed by atoms with Crippen molar-refractivity contribution in [3.05, 3.63) is 107 Å². The van der Waals surface area contributed by atoms with Gasteiger partial charge < -0.3 is 4.90 Å². The number of fused-ring (bicyclic) bond motifs is 1. The Balaban J connectivity index is 1.25. The predicted molar refractivity (Wildman–Crippen MR) is 140 cm³/mol. The van der Waals surface area contributed by atoms with Crippen molar-refractivity contribution in [2.45, 2.75) is 18.9 Å². The number of aryl methyl sites for hydroxylation is 1. The van der Waals surface area contributed by atoms with E-state index in [0.29, 0.717) is 6.04 Å². The molecule has 1 heterocycles. The van der Waals surface area contributed by atoms with E-state index in [4.69, 9.17) is 0 Å². The summed E-state index contributed by atoms with van der Waals surface area (Å²) < 4.78 is 0. The highest BCUT2D eigenvalue weighted by Crippen LogP contribution is 2.31. The molecule has 3 aromatic carbocycles. The lowest BCUT2D eigenvalue weighted by molar-refractivity contribution is 0.115. The van der Waals surface area contributed by atoms with Crippen molar-refractivity contribution in [3.63, 3.8) is 0 Å². The van der Waals surface area contributed by atoms with Crippen molar-refractivity contribution >= 4 is 11.8 Å². The summed E-state index contributed by atoms with van der Waals surface area (Å²) >= 11 is 0. The van der Waals surface area contributed by atoms with Crippen LogP contribution >= 0.6 is 0 Å². The van der Waals surface area contributed by atoms with Crippen molar-refractivity contribution in [2.75, 3.05) is 51.7 Å². The largest absolute Gasteiger partial charge is 0.378 e. The van der Waals surface area contributed by atoms with E-state index in [0.717, 1.165) is 39.1 Å². The highest BCUT2D eigenvalue weighted by atomic mass is 15.3. The van der Waals surface area contributed by atoms with E-state index >= 15 is 0 Å². The Kier molecular flexibility index (Phi) is 6.61. The maximum Gasteiger partial charge on any atom is 0.0602 e.